The summed E-state index contributed by atoms with van der Waals surface area (Å²) in [5, 5.41) is 76.0. The van der Waals surface area contributed by atoms with Crippen LogP contribution in [-0.4, -0.2) is 221 Å². The summed E-state index contributed by atoms with van der Waals surface area (Å²) in [5.74, 6) is -5.34. The third-order valence-electron chi connectivity index (χ3n) is 15.0. The van der Waals surface area contributed by atoms with E-state index in [1.54, 1.807) is 40.8 Å². The van der Waals surface area contributed by atoms with Crippen molar-refractivity contribution in [3.8, 4) is 5.75 Å². The Morgan fingerprint density at radius 2 is 1.25 bits per heavy atom. The zero-order valence-corrected chi connectivity index (χ0v) is 49.5. The molecule has 0 aliphatic carbocycles. The van der Waals surface area contributed by atoms with Crippen molar-refractivity contribution in [1.29, 1.82) is 0 Å². The second-order valence-electron chi connectivity index (χ2n) is 21.5. The summed E-state index contributed by atoms with van der Waals surface area (Å²) >= 11 is 0. The van der Waals surface area contributed by atoms with Crippen LogP contribution in [0.4, 0.5) is 0 Å². The summed E-state index contributed by atoms with van der Waals surface area (Å²) < 4.78 is 0. The van der Waals surface area contributed by atoms with Gasteiger partial charge in [0.25, 0.3) is 0 Å². The number of hydrogen-bond donors (Lipinski definition) is 11. The lowest BCUT2D eigenvalue weighted by molar-refractivity contribution is -0.525. The van der Waals surface area contributed by atoms with Gasteiger partial charge in [0, 0.05) is 96.2 Å². The maximum absolute atomic E-state index is 14.7. The molecule has 85 heavy (non-hydrogen) atoms. The molecule has 5 atom stereocenters. The number of benzene rings is 2. The van der Waals surface area contributed by atoms with Crippen LogP contribution in [0, 0.1) is 6.92 Å². The Morgan fingerprint density at radius 1 is 0.647 bits per heavy atom. The molecule has 5 unspecified atom stereocenters. The van der Waals surface area contributed by atoms with Gasteiger partial charge in [0.05, 0.1) is 19.1 Å². The van der Waals surface area contributed by atoms with E-state index in [1.807, 2.05) is 37.3 Å². The lowest BCUT2D eigenvalue weighted by Gasteiger charge is -2.35. The van der Waals surface area contributed by atoms with Crippen molar-refractivity contribution in [2.45, 2.75) is 147 Å². The molecule has 2 aromatic rings. The maximum Gasteiger partial charge on any atom is 0.320 e. The van der Waals surface area contributed by atoms with Crippen molar-refractivity contribution in [2.24, 2.45) is 5.16 Å². The average Bonchev–Trinajstić information content (AvgIpc) is 4.00. The number of nitrogens with zero attached hydrogens (tertiary/aromatic N) is 5. The highest BCUT2D eigenvalue weighted by molar-refractivity contribution is 5.94. The SMILES string of the molecule is CCN1CCN(CC(=O)O)CCN(CC(=O)O)CCN(C(CCC(=O)NC(Cc2ccc(O)c(C)c2)C(=O)NC(Cc2ccccc2)C2=NOOOC(CCCCNC(=O)CCCCCCC(=O)NCCCCC(NC)C(=O)O)N2)C(=O)O)CC1. The number of phenolic OH excluding ortho intramolecular Hbond substituents is 1. The summed E-state index contributed by atoms with van der Waals surface area (Å²) in [6, 6.07) is 10.2. The number of unbranched alkanes of at least 4 members (excludes halogenated alkanes) is 5. The van der Waals surface area contributed by atoms with Crippen LogP contribution in [0.3, 0.4) is 0 Å². The van der Waals surface area contributed by atoms with Gasteiger partial charge < -0.3 is 62.3 Å². The van der Waals surface area contributed by atoms with Crippen molar-refractivity contribution >= 4 is 53.3 Å². The number of carbonyl (C=O) groups excluding carboxylic acids is 4. The Morgan fingerprint density at radius 3 is 1.82 bits per heavy atom. The van der Waals surface area contributed by atoms with Gasteiger partial charge in [0.2, 0.25) is 23.6 Å². The summed E-state index contributed by atoms with van der Waals surface area (Å²) in [5.41, 5.74) is 1.96. The highest BCUT2D eigenvalue weighted by Gasteiger charge is 2.32. The molecule has 0 radical (unpaired) electrons. The average molecular weight is 1200 g/mol. The minimum absolute atomic E-state index is 0.0244. The quantitative estimate of drug-likeness (QED) is 0.0339. The molecule has 11 N–H and O–H groups in total. The fourth-order valence-corrected chi connectivity index (χ4v) is 10.0. The van der Waals surface area contributed by atoms with Gasteiger partial charge in [-0.15, -0.1) is 0 Å². The monoisotopic (exact) mass is 1200 g/mol. The molecule has 27 heteroatoms. The molecule has 2 heterocycles. The number of rotatable bonds is 37. The van der Waals surface area contributed by atoms with Crippen LogP contribution in [0.2, 0.25) is 0 Å². The van der Waals surface area contributed by atoms with E-state index in [2.05, 4.69) is 42.0 Å². The Bertz CT molecular complexity index is 2440. The second kappa shape index (κ2) is 39.6. The lowest BCUT2D eigenvalue weighted by atomic mass is 10.0. The minimum atomic E-state index is -1.22. The number of nitrogens with one attached hydrogen (secondary N) is 6. The smallest absolute Gasteiger partial charge is 0.320 e. The van der Waals surface area contributed by atoms with E-state index in [9.17, 15) is 58.8 Å². The third-order valence-corrected chi connectivity index (χ3v) is 15.0. The highest BCUT2D eigenvalue weighted by atomic mass is 17.5. The van der Waals surface area contributed by atoms with Crippen LogP contribution in [0.1, 0.15) is 114 Å². The molecule has 2 aliphatic heterocycles. The summed E-state index contributed by atoms with van der Waals surface area (Å²) in [6.45, 7) is 7.01. The molecule has 0 bridgehead atoms. The Balaban J connectivity index is 1.35. The van der Waals surface area contributed by atoms with Crippen LogP contribution < -0.4 is 31.9 Å². The first-order chi connectivity index (χ1) is 40.8. The van der Waals surface area contributed by atoms with Gasteiger partial charge in [-0.2, -0.15) is 9.88 Å². The number of oxime groups is 1. The van der Waals surface area contributed by atoms with Crippen LogP contribution in [0.15, 0.2) is 53.7 Å². The number of amides is 4. The first kappa shape index (κ1) is 70.5. The second-order valence-corrected chi connectivity index (χ2v) is 21.5. The lowest BCUT2D eigenvalue weighted by Crippen LogP contribution is -2.56. The van der Waals surface area contributed by atoms with Gasteiger partial charge in [0.1, 0.15) is 23.9 Å². The van der Waals surface area contributed by atoms with Crippen LogP contribution in [-0.2, 0) is 66.1 Å². The number of phenols is 1. The molecule has 4 amide bonds. The minimum Gasteiger partial charge on any atom is -0.508 e. The molecule has 27 nitrogen and oxygen atoms in total. The largest absolute Gasteiger partial charge is 0.508 e. The summed E-state index contributed by atoms with van der Waals surface area (Å²) in [6.07, 6.45) is 6.04. The van der Waals surface area contributed by atoms with Crippen LogP contribution >= 0.6 is 0 Å². The molecule has 0 saturated carbocycles. The number of aromatic hydroxyl groups is 1. The highest BCUT2D eigenvalue weighted by Crippen LogP contribution is 2.20. The predicted octanol–water partition coefficient (Wildman–Crippen LogP) is 1.81. The molecule has 4 rings (SSSR count). The molecule has 0 spiro atoms. The summed E-state index contributed by atoms with van der Waals surface area (Å²) in [4.78, 5) is 119. The van der Waals surface area contributed by atoms with Gasteiger partial charge in [-0.05, 0) is 113 Å². The number of aryl methyl sites for hydroxylation is 1. The van der Waals surface area contributed by atoms with E-state index in [4.69, 9.17) is 20.0 Å². The fraction of sp³-hybridized carbons (Fsp3) is 0.638. The van der Waals surface area contributed by atoms with Crippen LogP contribution in [0.5, 0.6) is 5.75 Å². The van der Waals surface area contributed by atoms with Crippen molar-refractivity contribution in [2.75, 3.05) is 92.1 Å². The van der Waals surface area contributed by atoms with E-state index < -0.39 is 66.1 Å². The summed E-state index contributed by atoms with van der Waals surface area (Å²) in [7, 11) is 1.61. The van der Waals surface area contributed by atoms with Crippen molar-refractivity contribution < 1.29 is 78.8 Å². The number of carboxylic acids is 4. The third kappa shape index (κ3) is 28.6. The Labute approximate surface area is 497 Å². The normalized spacial score (nSPS) is 17.4. The molecule has 2 aromatic carbocycles. The zero-order valence-electron chi connectivity index (χ0n) is 49.5. The number of likely N-dealkylation sites (N-methyl/N-ethyl adjacent to an activating group) is 2. The van der Waals surface area contributed by atoms with Gasteiger partial charge in [-0.25, -0.2) is 0 Å². The molecular weight excluding hydrogens is 1110 g/mol. The number of aliphatic carboxylic acids is 4. The fourth-order valence-electron chi connectivity index (χ4n) is 10.0. The van der Waals surface area contributed by atoms with E-state index in [0.717, 1.165) is 18.4 Å². The van der Waals surface area contributed by atoms with Crippen molar-refractivity contribution in [3.05, 3.63) is 65.2 Å². The molecule has 1 fully saturated rings. The van der Waals surface area contributed by atoms with Gasteiger partial charge in [0.15, 0.2) is 12.1 Å². The number of carboxylic acid groups (broad SMARTS) is 4. The van der Waals surface area contributed by atoms with Crippen molar-refractivity contribution in [3.63, 3.8) is 0 Å². The zero-order chi connectivity index (χ0) is 61.9. The molecule has 2 aliphatic rings. The molecular formula is C58H91N11O16. The number of carbonyl (C=O) groups is 8. The number of hydrogen-bond acceptors (Lipinski definition) is 19. The Hall–Kier alpha value is -7.01. The van der Waals surface area contributed by atoms with E-state index in [1.165, 1.54) is 6.07 Å². The molecule has 1 saturated heterocycles. The molecule has 0 aromatic heterocycles. The van der Waals surface area contributed by atoms with E-state index in [-0.39, 0.29) is 94.9 Å². The first-order valence-corrected chi connectivity index (χ1v) is 29.6. The first-order valence-electron chi connectivity index (χ1n) is 29.6. The van der Waals surface area contributed by atoms with Crippen LogP contribution in [0.25, 0.3) is 0 Å². The molecule has 474 valence electrons. The van der Waals surface area contributed by atoms with Gasteiger partial charge >= 0.3 is 23.9 Å². The maximum atomic E-state index is 14.7. The predicted molar refractivity (Wildman–Crippen MR) is 313 cm³/mol. The van der Waals surface area contributed by atoms with E-state index >= 15 is 0 Å². The number of amidine groups is 1. The van der Waals surface area contributed by atoms with Gasteiger partial charge in [-0.1, -0.05) is 62.2 Å². The van der Waals surface area contributed by atoms with Gasteiger partial charge in [-0.3, -0.25) is 53.1 Å². The standard InChI is InChI=1S/C58H91N11O16/c1-4-66-28-29-67(39-53(74)75)30-31-68(40-54(76)77)33-35-69(34-32-66)47(58(81)82)23-25-51(73)62-46(38-43-22-24-48(70)41(2)36-43)56(78)63-45(37-42-16-8-7-9-17-42)55-64-52(83-85-84-65-55)21-13-15-27-61-50(72)20-11-6-5-10-19-49(71)60-26-14-12-18-44(59-3)57(79)80/h7-9,16-17,22,24,36,44-47,52,59,70H,4-6,10-15,18-21,23,25-35,37-40H2,1-3H3,(H,60,71)(H,61,72)(H,62,73)(H,63,78)(H,64,65)(H,74,75)(H,76,77)(H,79,80)(H,81,82). The van der Waals surface area contributed by atoms with Crippen molar-refractivity contribution in [1.82, 2.24) is 51.5 Å². The Kier molecular flexibility index (Phi) is 32.8. The van der Waals surface area contributed by atoms with E-state index in [0.29, 0.717) is 115 Å². The topological polar surface area (TPSA) is 363 Å².